The van der Waals surface area contributed by atoms with E-state index in [9.17, 15) is 4.79 Å². The third-order valence-electron chi connectivity index (χ3n) is 3.78. The SMILES string of the molecule is COc1cccc2oc(C(=O)NCC#Cc3ccc(C(=S)NO)cc3)cc12. The van der Waals surface area contributed by atoms with Gasteiger partial charge in [0.05, 0.1) is 19.0 Å². The van der Waals surface area contributed by atoms with Crippen molar-refractivity contribution < 1.29 is 19.2 Å². The van der Waals surface area contributed by atoms with E-state index in [2.05, 4.69) is 17.2 Å². The van der Waals surface area contributed by atoms with Crippen LogP contribution in [-0.4, -0.2) is 29.8 Å². The van der Waals surface area contributed by atoms with Gasteiger partial charge in [-0.15, -0.1) is 0 Å². The molecule has 3 N–H and O–H groups in total. The zero-order chi connectivity index (χ0) is 19.2. The largest absolute Gasteiger partial charge is 0.496 e. The Kier molecular flexibility index (Phi) is 5.71. The molecule has 1 amide bonds. The molecule has 0 unspecified atom stereocenters. The highest BCUT2D eigenvalue weighted by molar-refractivity contribution is 7.80. The number of hydrogen-bond acceptors (Lipinski definition) is 5. The first-order valence-corrected chi connectivity index (χ1v) is 8.41. The van der Waals surface area contributed by atoms with Crippen molar-refractivity contribution in [3.63, 3.8) is 0 Å². The van der Waals surface area contributed by atoms with Gasteiger partial charge < -0.3 is 14.5 Å². The lowest BCUT2D eigenvalue weighted by molar-refractivity contribution is 0.0933. The number of fused-ring (bicyclic) bond motifs is 1. The number of hydroxylamine groups is 1. The second-order valence-corrected chi connectivity index (χ2v) is 5.89. The van der Waals surface area contributed by atoms with Crippen LogP contribution in [0.3, 0.4) is 0 Å². The van der Waals surface area contributed by atoms with Gasteiger partial charge in [0.1, 0.15) is 16.3 Å². The van der Waals surface area contributed by atoms with Crippen LogP contribution in [0.5, 0.6) is 5.75 Å². The zero-order valence-electron chi connectivity index (χ0n) is 14.4. The normalized spacial score (nSPS) is 10.0. The lowest BCUT2D eigenvalue weighted by Crippen LogP contribution is -2.22. The van der Waals surface area contributed by atoms with Crippen LogP contribution in [0, 0.1) is 11.8 Å². The highest BCUT2D eigenvalue weighted by Crippen LogP contribution is 2.28. The Morgan fingerprint density at radius 3 is 2.74 bits per heavy atom. The average Bonchev–Trinajstić information content (AvgIpc) is 3.15. The first-order chi connectivity index (χ1) is 13.1. The van der Waals surface area contributed by atoms with Gasteiger partial charge in [0, 0.05) is 17.2 Å². The number of methoxy groups -OCH3 is 1. The maximum atomic E-state index is 12.2. The first-order valence-electron chi connectivity index (χ1n) is 8.00. The summed E-state index contributed by atoms with van der Waals surface area (Å²) in [5.41, 5.74) is 3.97. The van der Waals surface area contributed by atoms with Gasteiger partial charge in [-0.05, 0) is 24.3 Å². The molecule has 0 atom stereocenters. The van der Waals surface area contributed by atoms with Crippen molar-refractivity contribution in [2.45, 2.75) is 0 Å². The number of furan rings is 1. The molecule has 0 aliphatic heterocycles. The molecule has 0 saturated heterocycles. The van der Waals surface area contributed by atoms with Crippen molar-refractivity contribution in [3.8, 4) is 17.6 Å². The number of carbonyl (C=O) groups is 1. The van der Waals surface area contributed by atoms with Crippen molar-refractivity contribution in [3.05, 3.63) is 65.4 Å². The van der Waals surface area contributed by atoms with E-state index in [-0.39, 0.29) is 23.2 Å². The lowest BCUT2D eigenvalue weighted by atomic mass is 10.1. The molecule has 7 heteroatoms. The second-order valence-electron chi connectivity index (χ2n) is 5.49. The first kappa shape index (κ1) is 18.5. The van der Waals surface area contributed by atoms with Gasteiger partial charge in [-0.1, -0.05) is 42.3 Å². The summed E-state index contributed by atoms with van der Waals surface area (Å²) in [6, 6.07) is 14.1. The van der Waals surface area contributed by atoms with Crippen LogP contribution in [0.15, 0.2) is 52.9 Å². The standard InChI is InChI=1S/C20H16N2O4S/c1-25-16-5-2-6-17-15(16)12-18(26-17)19(23)21-11-3-4-13-7-9-14(10-8-13)20(27)22-24/h2,5-10,12,24H,11H2,1H3,(H,21,23)(H,22,27). The molecule has 136 valence electrons. The molecule has 1 aromatic heterocycles. The minimum atomic E-state index is -0.350. The van der Waals surface area contributed by atoms with Gasteiger partial charge in [-0.2, -0.15) is 0 Å². The summed E-state index contributed by atoms with van der Waals surface area (Å²) >= 11 is 4.92. The Bertz CT molecular complexity index is 1050. The number of rotatable bonds is 4. The molecule has 0 saturated carbocycles. The fourth-order valence-corrected chi connectivity index (χ4v) is 2.59. The molecule has 27 heavy (non-hydrogen) atoms. The number of hydrogen-bond donors (Lipinski definition) is 3. The van der Waals surface area contributed by atoms with Crippen molar-refractivity contribution >= 4 is 34.1 Å². The number of nitrogens with one attached hydrogen (secondary N) is 2. The highest BCUT2D eigenvalue weighted by Gasteiger charge is 2.13. The van der Waals surface area contributed by atoms with Crippen LogP contribution >= 0.6 is 12.2 Å². The summed E-state index contributed by atoms with van der Waals surface area (Å²) in [6.45, 7) is 0.172. The molecule has 0 bridgehead atoms. The minimum Gasteiger partial charge on any atom is -0.496 e. The molecular formula is C20H16N2O4S. The topological polar surface area (TPSA) is 83.7 Å². The number of ether oxygens (including phenoxy) is 1. The number of amides is 1. The van der Waals surface area contributed by atoms with Gasteiger partial charge in [0.25, 0.3) is 5.91 Å². The molecule has 0 aliphatic carbocycles. The maximum absolute atomic E-state index is 12.2. The van der Waals surface area contributed by atoms with E-state index in [0.717, 1.165) is 10.9 Å². The second kappa shape index (κ2) is 8.36. The number of thiocarbonyl (C=S) groups is 1. The Hall–Kier alpha value is -3.34. The third-order valence-corrected chi connectivity index (χ3v) is 4.11. The predicted molar refractivity (Wildman–Crippen MR) is 105 cm³/mol. The average molecular weight is 380 g/mol. The Balaban J connectivity index is 1.62. The predicted octanol–water partition coefficient (Wildman–Crippen LogP) is 2.88. The van der Waals surface area contributed by atoms with Crippen molar-refractivity contribution in [2.24, 2.45) is 0 Å². The minimum absolute atomic E-state index is 0.172. The molecule has 2 aromatic carbocycles. The lowest BCUT2D eigenvalue weighted by Gasteiger charge is -2.00. The van der Waals surface area contributed by atoms with E-state index in [0.29, 0.717) is 16.9 Å². The molecule has 3 aromatic rings. The van der Waals surface area contributed by atoms with Crippen LogP contribution in [0.4, 0.5) is 0 Å². The summed E-state index contributed by atoms with van der Waals surface area (Å²) in [6.07, 6.45) is 0. The fraction of sp³-hybridized carbons (Fsp3) is 0.100. The van der Waals surface area contributed by atoms with E-state index in [1.165, 1.54) is 0 Å². The summed E-state index contributed by atoms with van der Waals surface area (Å²) in [5.74, 6) is 6.31. The van der Waals surface area contributed by atoms with Crippen molar-refractivity contribution in [2.75, 3.05) is 13.7 Å². The van der Waals surface area contributed by atoms with Gasteiger partial charge in [-0.25, -0.2) is 0 Å². The molecule has 1 heterocycles. The van der Waals surface area contributed by atoms with Gasteiger partial charge in [-0.3, -0.25) is 15.5 Å². The van der Waals surface area contributed by atoms with Crippen molar-refractivity contribution in [1.82, 2.24) is 10.8 Å². The molecule has 0 fully saturated rings. The molecule has 0 radical (unpaired) electrons. The van der Waals surface area contributed by atoms with E-state index >= 15 is 0 Å². The molecular weight excluding hydrogens is 364 g/mol. The molecule has 6 nitrogen and oxygen atoms in total. The third kappa shape index (κ3) is 4.26. The van der Waals surface area contributed by atoms with Crippen LogP contribution in [0.25, 0.3) is 11.0 Å². The summed E-state index contributed by atoms with van der Waals surface area (Å²) in [5, 5.41) is 12.2. The number of benzene rings is 2. The van der Waals surface area contributed by atoms with E-state index in [1.54, 1.807) is 55.6 Å². The van der Waals surface area contributed by atoms with Crippen LogP contribution in [-0.2, 0) is 0 Å². The Labute approximate surface area is 161 Å². The zero-order valence-corrected chi connectivity index (χ0v) is 15.2. The summed E-state index contributed by atoms with van der Waals surface area (Å²) < 4.78 is 10.8. The van der Waals surface area contributed by atoms with Crippen molar-refractivity contribution in [1.29, 1.82) is 0 Å². The van der Waals surface area contributed by atoms with Crippen LogP contribution in [0.1, 0.15) is 21.7 Å². The summed E-state index contributed by atoms with van der Waals surface area (Å²) in [7, 11) is 1.57. The van der Waals surface area contributed by atoms with E-state index < -0.39 is 0 Å². The number of carbonyl (C=O) groups excluding carboxylic acids is 1. The van der Waals surface area contributed by atoms with Gasteiger partial charge in [0.15, 0.2) is 5.76 Å². The molecule has 0 aliphatic rings. The summed E-state index contributed by atoms with van der Waals surface area (Å²) in [4.78, 5) is 12.5. The van der Waals surface area contributed by atoms with Crippen LogP contribution in [0.2, 0.25) is 0 Å². The smallest absolute Gasteiger partial charge is 0.287 e. The van der Waals surface area contributed by atoms with Crippen LogP contribution < -0.4 is 15.5 Å². The Morgan fingerprint density at radius 1 is 1.26 bits per heavy atom. The maximum Gasteiger partial charge on any atom is 0.287 e. The molecule has 0 spiro atoms. The quantitative estimate of drug-likeness (QED) is 0.367. The Morgan fingerprint density at radius 2 is 2.04 bits per heavy atom. The van der Waals surface area contributed by atoms with Gasteiger partial charge >= 0.3 is 0 Å². The van der Waals surface area contributed by atoms with E-state index in [1.807, 2.05) is 5.48 Å². The van der Waals surface area contributed by atoms with E-state index in [4.69, 9.17) is 26.6 Å². The highest BCUT2D eigenvalue weighted by atomic mass is 32.1. The van der Waals surface area contributed by atoms with Gasteiger partial charge in [0.2, 0.25) is 0 Å². The monoisotopic (exact) mass is 380 g/mol. The fourth-order valence-electron chi connectivity index (χ4n) is 2.45. The molecule has 3 rings (SSSR count).